The number of aromatic nitrogens is 2. The summed E-state index contributed by atoms with van der Waals surface area (Å²) in [6.07, 6.45) is 1.45. The molecule has 9 nitrogen and oxygen atoms in total. The van der Waals surface area contributed by atoms with Crippen LogP contribution in [0.1, 0.15) is 67.2 Å². The van der Waals surface area contributed by atoms with Crippen LogP contribution in [0.2, 0.25) is 0 Å². The van der Waals surface area contributed by atoms with Crippen molar-refractivity contribution >= 4 is 23.2 Å². The number of nitrogens with zero attached hydrogens (tertiary/aromatic N) is 3. The lowest BCUT2D eigenvalue weighted by Crippen LogP contribution is -2.52. The Bertz CT molecular complexity index is 1740. The molecule has 0 aliphatic carbocycles. The van der Waals surface area contributed by atoms with Gasteiger partial charge < -0.3 is 20.8 Å². The quantitative estimate of drug-likeness (QED) is 0.172. The molecule has 4 aromatic rings. The topological polar surface area (TPSA) is 148 Å². The number of carbonyl (C=O) groups excluding carboxylic acids is 2. The standard InChI is InChI=1S/C35H38FN5O4S/c1-20(33(44)45)40-31(42)27(41-32(43)28-13-14-29(46-28)34(2,3)4)15-21-7-9-22(10-8-21)30-38-17-23(18-39-30)25-12-11-24(16-26(25)36)35(5,6)19-37/h7-14,16-18,20,27,33,44-45H,15H2,1-6H3,(H,40,42)(H,41,43)/t20-,27+/m1/s1. The third-order valence-electron chi connectivity index (χ3n) is 7.59. The highest BCUT2D eigenvalue weighted by molar-refractivity contribution is 7.14. The minimum absolute atomic E-state index is 0.129. The minimum atomic E-state index is -1.76. The lowest BCUT2D eigenvalue weighted by Gasteiger charge is -2.22. The number of thiophene rings is 1. The number of benzene rings is 2. The molecule has 11 heteroatoms. The fraction of sp³-hybridized carbons (Fsp3) is 0.343. The molecule has 2 atom stereocenters. The zero-order valence-corrected chi connectivity index (χ0v) is 27.4. The summed E-state index contributed by atoms with van der Waals surface area (Å²) in [6, 6.07) is 15.7. The van der Waals surface area contributed by atoms with Crippen LogP contribution in [-0.4, -0.2) is 50.4 Å². The van der Waals surface area contributed by atoms with Crippen molar-refractivity contribution < 1.29 is 24.2 Å². The van der Waals surface area contributed by atoms with E-state index in [1.807, 2.05) is 6.07 Å². The smallest absolute Gasteiger partial charge is 0.262 e. The van der Waals surface area contributed by atoms with Crippen LogP contribution in [0, 0.1) is 17.1 Å². The highest BCUT2D eigenvalue weighted by Crippen LogP contribution is 2.30. The maximum absolute atomic E-state index is 14.9. The van der Waals surface area contributed by atoms with E-state index in [0.717, 1.165) is 10.4 Å². The van der Waals surface area contributed by atoms with Gasteiger partial charge in [0, 0.05) is 40.4 Å². The molecule has 46 heavy (non-hydrogen) atoms. The van der Waals surface area contributed by atoms with Crippen LogP contribution < -0.4 is 10.6 Å². The van der Waals surface area contributed by atoms with E-state index >= 15 is 0 Å². The molecule has 4 N–H and O–H groups in total. The average molecular weight is 644 g/mol. The summed E-state index contributed by atoms with van der Waals surface area (Å²) >= 11 is 1.36. The molecule has 2 heterocycles. The molecule has 2 aromatic heterocycles. The SMILES string of the molecule is C[C@@H](NC(=O)[C@H](Cc1ccc(-c2ncc(-c3ccc(C(C)(C)C#N)cc3F)cn2)cc1)NC(=O)c1ccc(C(C)(C)C)s1)C(O)O. The summed E-state index contributed by atoms with van der Waals surface area (Å²) in [7, 11) is 0. The molecule has 0 spiro atoms. The Labute approximate surface area is 272 Å². The molecule has 4 rings (SSSR count). The van der Waals surface area contributed by atoms with E-state index in [1.165, 1.54) is 36.7 Å². The van der Waals surface area contributed by atoms with E-state index in [2.05, 4.69) is 47.4 Å². The Morgan fingerprint density at radius 1 is 0.957 bits per heavy atom. The second-order valence-electron chi connectivity index (χ2n) is 12.8. The van der Waals surface area contributed by atoms with Gasteiger partial charge in [-0.2, -0.15) is 5.26 Å². The van der Waals surface area contributed by atoms with Gasteiger partial charge in [0.05, 0.1) is 22.4 Å². The largest absolute Gasteiger partial charge is 0.366 e. The summed E-state index contributed by atoms with van der Waals surface area (Å²) < 4.78 is 14.9. The second-order valence-corrected chi connectivity index (χ2v) is 13.9. The van der Waals surface area contributed by atoms with Crippen LogP contribution in [0.25, 0.3) is 22.5 Å². The van der Waals surface area contributed by atoms with Gasteiger partial charge in [-0.1, -0.05) is 57.2 Å². The zero-order chi connectivity index (χ0) is 33.8. The second kappa shape index (κ2) is 13.9. The molecule has 240 valence electrons. The van der Waals surface area contributed by atoms with E-state index in [9.17, 15) is 29.5 Å². The van der Waals surface area contributed by atoms with Gasteiger partial charge in [0.15, 0.2) is 12.1 Å². The van der Waals surface area contributed by atoms with E-state index in [1.54, 1.807) is 56.3 Å². The fourth-order valence-corrected chi connectivity index (χ4v) is 5.51. The first kappa shape index (κ1) is 34.4. The van der Waals surface area contributed by atoms with E-state index in [0.29, 0.717) is 33.0 Å². The van der Waals surface area contributed by atoms with Crippen molar-refractivity contribution in [1.82, 2.24) is 20.6 Å². The van der Waals surface area contributed by atoms with Crippen molar-refractivity contribution in [2.75, 3.05) is 0 Å². The Kier molecular flexibility index (Phi) is 10.4. The maximum Gasteiger partial charge on any atom is 0.262 e. The molecule has 0 saturated heterocycles. The number of halogens is 1. The van der Waals surface area contributed by atoms with Crippen molar-refractivity contribution in [2.45, 2.75) is 77.2 Å². The summed E-state index contributed by atoms with van der Waals surface area (Å²) in [5.41, 5.74) is 1.88. The molecule has 0 aliphatic heterocycles. The van der Waals surface area contributed by atoms with Crippen molar-refractivity contribution in [3.05, 3.63) is 93.7 Å². The van der Waals surface area contributed by atoms with Gasteiger partial charge in [0.1, 0.15) is 11.9 Å². The molecule has 0 bridgehead atoms. The first-order valence-corrected chi connectivity index (χ1v) is 15.6. The van der Waals surface area contributed by atoms with Gasteiger partial charge in [0.2, 0.25) is 5.91 Å². The minimum Gasteiger partial charge on any atom is -0.366 e. The van der Waals surface area contributed by atoms with Gasteiger partial charge in [-0.15, -0.1) is 11.3 Å². The number of amides is 2. The van der Waals surface area contributed by atoms with Gasteiger partial charge in [0.25, 0.3) is 5.91 Å². The first-order valence-electron chi connectivity index (χ1n) is 14.8. The van der Waals surface area contributed by atoms with E-state index < -0.39 is 41.4 Å². The van der Waals surface area contributed by atoms with Crippen LogP contribution in [0.5, 0.6) is 0 Å². The summed E-state index contributed by atoms with van der Waals surface area (Å²) in [4.78, 5) is 36.6. The number of nitriles is 1. The first-order chi connectivity index (χ1) is 21.6. The molecule has 0 fully saturated rings. The molecule has 0 saturated carbocycles. The summed E-state index contributed by atoms with van der Waals surface area (Å²) in [5.74, 6) is -1.01. The van der Waals surface area contributed by atoms with E-state index in [-0.39, 0.29) is 11.8 Å². The fourth-order valence-electron chi connectivity index (χ4n) is 4.55. The highest BCUT2D eigenvalue weighted by atomic mass is 32.1. The van der Waals surface area contributed by atoms with Crippen LogP contribution in [0.3, 0.4) is 0 Å². The lowest BCUT2D eigenvalue weighted by molar-refractivity contribution is -0.128. The van der Waals surface area contributed by atoms with Gasteiger partial charge in [-0.3, -0.25) is 9.59 Å². The predicted octanol–water partition coefficient (Wildman–Crippen LogP) is 5.27. The highest BCUT2D eigenvalue weighted by Gasteiger charge is 2.27. The third-order valence-corrected chi connectivity index (χ3v) is 9.10. The van der Waals surface area contributed by atoms with Crippen LogP contribution >= 0.6 is 11.3 Å². The Balaban J connectivity index is 1.50. The number of hydrogen-bond donors (Lipinski definition) is 4. The lowest BCUT2D eigenvalue weighted by atomic mass is 9.85. The third kappa shape index (κ3) is 8.20. The molecule has 2 amide bonds. The number of hydrogen-bond acceptors (Lipinski definition) is 8. The van der Waals surface area contributed by atoms with Crippen molar-refractivity contribution in [3.63, 3.8) is 0 Å². The van der Waals surface area contributed by atoms with Crippen LogP contribution in [0.4, 0.5) is 4.39 Å². The normalized spacial score (nSPS) is 13.2. The molecular weight excluding hydrogens is 605 g/mol. The average Bonchev–Trinajstić information content (AvgIpc) is 3.53. The van der Waals surface area contributed by atoms with E-state index in [4.69, 9.17) is 0 Å². The summed E-state index contributed by atoms with van der Waals surface area (Å²) in [6.45, 7) is 11.1. The van der Waals surface area contributed by atoms with Gasteiger partial charge >= 0.3 is 0 Å². The van der Waals surface area contributed by atoms with Crippen molar-refractivity contribution in [2.24, 2.45) is 0 Å². The number of aliphatic hydroxyl groups is 2. The Morgan fingerprint density at radius 2 is 1.61 bits per heavy atom. The van der Waals surface area contributed by atoms with Gasteiger partial charge in [-0.25, -0.2) is 14.4 Å². The Morgan fingerprint density at radius 3 is 2.15 bits per heavy atom. The summed E-state index contributed by atoms with van der Waals surface area (Å²) in [5, 5.41) is 33.7. The van der Waals surface area contributed by atoms with Crippen LogP contribution in [-0.2, 0) is 22.0 Å². The van der Waals surface area contributed by atoms with Crippen molar-refractivity contribution in [1.29, 1.82) is 5.26 Å². The number of carbonyl (C=O) groups is 2. The molecule has 0 aliphatic rings. The molecule has 0 unspecified atom stereocenters. The predicted molar refractivity (Wildman–Crippen MR) is 175 cm³/mol. The number of nitrogens with one attached hydrogen (secondary N) is 2. The number of rotatable bonds is 10. The van der Waals surface area contributed by atoms with Gasteiger partial charge in [-0.05, 0) is 55.5 Å². The Hall–Kier alpha value is -4.50. The molecule has 0 radical (unpaired) electrons. The molecule has 2 aromatic carbocycles. The van der Waals surface area contributed by atoms with Crippen LogP contribution in [0.15, 0.2) is 67.0 Å². The molecular formula is C35H38FN5O4S. The number of aliphatic hydroxyl groups excluding tert-OH is 1. The van der Waals surface area contributed by atoms with Crippen molar-refractivity contribution in [3.8, 4) is 28.6 Å². The maximum atomic E-state index is 14.9. The monoisotopic (exact) mass is 643 g/mol. The zero-order valence-electron chi connectivity index (χ0n) is 26.6.